The van der Waals surface area contributed by atoms with Crippen LogP contribution in [0.4, 0.5) is 0 Å². The summed E-state index contributed by atoms with van der Waals surface area (Å²) in [6.07, 6.45) is 18.4. The Morgan fingerprint density at radius 3 is 1.40 bits per heavy atom. The lowest BCUT2D eigenvalue weighted by molar-refractivity contribution is 0.311. The molecular formula is C18H36Br2. The molecule has 0 saturated carbocycles. The molecule has 0 unspecified atom stereocenters. The van der Waals surface area contributed by atoms with Gasteiger partial charge in [-0.3, -0.25) is 0 Å². The summed E-state index contributed by atoms with van der Waals surface area (Å²) >= 11 is 7.46. The zero-order chi connectivity index (χ0) is 15.1. The lowest BCUT2D eigenvalue weighted by Gasteiger charge is -2.29. The standard InChI is InChI=1S/C18H36Br2/c1-3-5-6-7-8-9-10-11-12-13-15-18(16-19,17-20)14-4-2/h3-17H2,1-2H3. The Labute approximate surface area is 145 Å². The van der Waals surface area contributed by atoms with Gasteiger partial charge in [-0.15, -0.1) is 0 Å². The van der Waals surface area contributed by atoms with E-state index >= 15 is 0 Å². The second-order valence-electron chi connectivity index (χ2n) is 6.45. The quantitative estimate of drug-likeness (QED) is 0.190. The van der Waals surface area contributed by atoms with Gasteiger partial charge in [0.2, 0.25) is 0 Å². The van der Waals surface area contributed by atoms with E-state index in [1.165, 1.54) is 83.5 Å². The van der Waals surface area contributed by atoms with Crippen molar-refractivity contribution >= 4 is 31.9 Å². The summed E-state index contributed by atoms with van der Waals surface area (Å²) in [5, 5.41) is 2.30. The van der Waals surface area contributed by atoms with Crippen LogP contribution >= 0.6 is 31.9 Å². The van der Waals surface area contributed by atoms with Crippen LogP contribution in [-0.2, 0) is 0 Å². The molecule has 0 rings (SSSR count). The fourth-order valence-corrected chi connectivity index (χ4v) is 5.00. The molecule has 0 fully saturated rings. The molecule has 0 saturated heterocycles. The molecule has 0 heterocycles. The van der Waals surface area contributed by atoms with Crippen molar-refractivity contribution in [2.75, 3.05) is 10.7 Å². The minimum Gasteiger partial charge on any atom is -0.0922 e. The third-order valence-electron chi connectivity index (χ3n) is 4.41. The lowest BCUT2D eigenvalue weighted by atomic mass is 9.82. The van der Waals surface area contributed by atoms with Crippen molar-refractivity contribution in [3.8, 4) is 0 Å². The van der Waals surface area contributed by atoms with E-state index in [1.54, 1.807) is 0 Å². The molecule has 0 aliphatic carbocycles. The predicted molar refractivity (Wildman–Crippen MR) is 101 cm³/mol. The summed E-state index contributed by atoms with van der Waals surface area (Å²) in [5.41, 5.74) is 0.509. The second-order valence-corrected chi connectivity index (χ2v) is 7.57. The molecular weight excluding hydrogens is 376 g/mol. The average Bonchev–Trinajstić information content (AvgIpc) is 2.48. The molecule has 0 nitrogen and oxygen atoms in total. The molecule has 0 aromatic heterocycles. The fourth-order valence-electron chi connectivity index (χ4n) is 2.95. The number of alkyl halides is 2. The van der Waals surface area contributed by atoms with Crippen molar-refractivity contribution in [3.05, 3.63) is 0 Å². The van der Waals surface area contributed by atoms with Gasteiger partial charge >= 0.3 is 0 Å². The van der Waals surface area contributed by atoms with Crippen LogP contribution in [0.1, 0.15) is 97.3 Å². The molecule has 0 amide bonds. The highest BCUT2D eigenvalue weighted by Gasteiger charge is 2.25. The van der Waals surface area contributed by atoms with E-state index in [-0.39, 0.29) is 0 Å². The van der Waals surface area contributed by atoms with Crippen molar-refractivity contribution in [2.24, 2.45) is 5.41 Å². The maximum absolute atomic E-state index is 3.73. The summed E-state index contributed by atoms with van der Waals surface area (Å²) in [5.74, 6) is 0. The molecule has 0 aromatic rings. The first-order valence-electron chi connectivity index (χ1n) is 8.86. The van der Waals surface area contributed by atoms with Gasteiger partial charge in [-0.2, -0.15) is 0 Å². The van der Waals surface area contributed by atoms with E-state index in [1.807, 2.05) is 0 Å². The molecule has 0 aromatic carbocycles. The van der Waals surface area contributed by atoms with Crippen molar-refractivity contribution in [2.45, 2.75) is 97.3 Å². The van der Waals surface area contributed by atoms with E-state index in [4.69, 9.17) is 0 Å². The summed E-state index contributed by atoms with van der Waals surface area (Å²) in [6.45, 7) is 4.59. The van der Waals surface area contributed by atoms with Crippen LogP contribution < -0.4 is 0 Å². The average molecular weight is 412 g/mol. The van der Waals surface area contributed by atoms with Crippen LogP contribution in [0.2, 0.25) is 0 Å². The fraction of sp³-hybridized carbons (Fsp3) is 1.00. The zero-order valence-electron chi connectivity index (χ0n) is 13.9. The van der Waals surface area contributed by atoms with E-state index < -0.39 is 0 Å². The Bertz CT molecular complexity index is 188. The summed E-state index contributed by atoms with van der Waals surface area (Å²) in [6, 6.07) is 0. The van der Waals surface area contributed by atoms with Gasteiger partial charge in [-0.05, 0) is 18.3 Å². The largest absolute Gasteiger partial charge is 0.0922 e. The highest BCUT2D eigenvalue weighted by molar-refractivity contribution is 9.09. The van der Waals surface area contributed by atoms with E-state index in [9.17, 15) is 0 Å². The Hall–Kier alpha value is 0.960. The number of hydrogen-bond acceptors (Lipinski definition) is 0. The van der Waals surface area contributed by atoms with Crippen molar-refractivity contribution < 1.29 is 0 Å². The summed E-state index contributed by atoms with van der Waals surface area (Å²) in [7, 11) is 0. The molecule has 0 radical (unpaired) electrons. The van der Waals surface area contributed by atoms with Crippen LogP contribution in [0.5, 0.6) is 0 Å². The van der Waals surface area contributed by atoms with Gasteiger partial charge in [-0.25, -0.2) is 0 Å². The lowest BCUT2D eigenvalue weighted by Crippen LogP contribution is -2.24. The van der Waals surface area contributed by atoms with Crippen LogP contribution in [0, 0.1) is 5.41 Å². The molecule has 122 valence electrons. The van der Waals surface area contributed by atoms with E-state index in [2.05, 4.69) is 45.7 Å². The summed E-state index contributed by atoms with van der Waals surface area (Å²) < 4.78 is 0. The van der Waals surface area contributed by atoms with Crippen LogP contribution in [0.25, 0.3) is 0 Å². The molecule has 0 aliphatic rings. The van der Waals surface area contributed by atoms with Gasteiger partial charge < -0.3 is 0 Å². The SMILES string of the molecule is CCCCCCCCCCCCC(CBr)(CBr)CCC. The van der Waals surface area contributed by atoms with Gasteiger partial charge in [0.1, 0.15) is 0 Å². The normalized spacial score (nSPS) is 12.0. The molecule has 20 heavy (non-hydrogen) atoms. The molecule has 0 spiro atoms. The first-order chi connectivity index (χ1) is 9.74. The highest BCUT2D eigenvalue weighted by Crippen LogP contribution is 2.34. The second kappa shape index (κ2) is 14.9. The number of unbranched alkanes of at least 4 members (excludes halogenated alkanes) is 9. The summed E-state index contributed by atoms with van der Waals surface area (Å²) in [4.78, 5) is 0. The Kier molecular flexibility index (Phi) is 15.6. The molecule has 0 atom stereocenters. The number of halogens is 2. The first-order valence-corrected chi connectivity index (χ1v) is 11.1. The van der Waals surface area contributed by atoms with Gasteiger partial charge in [-0.1, -0.05) is 116 Å². The van der Waals surface area contributed by atoms with Gasteiger partial charge in [0.15, 0.2) is 0 Å². The van der Waals surface area contributed by atoms with E-state index in [0.29, 0.717) is 5.41 Å². The van der Waals surface area contributed by atoms with Crippen LogP contribution in [0.3, 0.4) is 0 Å². The van der Waals surface area contributed by atoms with Crippen molar-refractivity contribution in [1.82, 2.24) is 0 Å². The third kappa shape index (κ3) is 10.7. The topological polar surface area (TPSA) is 0 Å². The van der Waals surface area contributed by atoms with Gasteiger partial charge in [0.25, 0.3) is 0 Å². The smallest absolute Gasteiger partial charge is 0.00959 e. The molecule has 0 N–H and O–H groups in total. The van der Waals surface area contributed by atoms with E-state index in [0.717, 1.165) is 10.7 Å². The van der Waals surface area contributed by atoms with Gasteiger partial charge in [0.05, 0.1) is 0 Å². The Morgan fingerprint density at radius 1 is 0.550 bits per heavy atom. The predicted octanol–water partition coefficient (Wildman–Crippen LogP) is 7.87. The number of rotatable bonds is 15. The van der Waals surface area contributed by atoms with Crippen molar-refractivity contribution in [1.29, 1.82) is 0 Å². The van der Waals surface area contributed by atoms with Crippen molar-refractivity contribution in [3.63, 3.8) is 0 Å². The third-order valence-corrected chi connectivity index (χ3v) is 6.79. The molecule has 2 heteroatoms. The number of hydrogen-bond donors (Lipinski definition) is 0. The minimum atomic E-state index is 0.509. The molecule has 0 aliphatic heterocycles. The van der Waals surface area contributed by atoms with Gasteiger partial charge in [0, 0.05) is 10.7 Å². The minimum absolute atomic E-state index is 0.509. The monoisotopic (exact) mass is 410 g/mol. The first kappa shape index (κ1) is 21.0. The molecule has 0 bridgehead atoms. The Balaban J connectivity index is 3.45. The van der Waals surface area contributed by atoms with Crippen LogP contribution in [-0.4, -0.2) is 10.7 Å². The zero-order valence-corrected chi connectivity index (χ0v) is 17.0. The Morgan fingerprint density at radius 2 is 1.00 bits per heavy atom. The highest BCUT2D eigenvalue weighted by atomic mass is 79.9. The van der Waals surface area contributed by atoms with Crippen LogP contribution in [0.15, 0.2) is 0 Å². The maximum Gasteiger partial charge on any atom is 0.00959 e. The maximum atomic E-state index is 3.73.